The molecule has 0 saturated carbocycles. The van der Waals surface area contributed by atoms with Crippen molar-refractivity contribution in [2.45, 2.75) is 50.4 Å². The van der Waals surface area contributed by atoms with E-state index in [1.54, 1.807) is 6.92 Å². The van der Waals surface area contributed by atoms with E-state index in [-0.39, 0.29) is 24.1 Å². The van der Waals surface area contributed by atoms with Crippen molar-refractivity contribution in [3.05, 3.63) is 0 Å². The Balaban J connectivity index is 1.96. The molecule has 2 heterocycles. The number of carbonyl (C=O) groups is 2. The van der Waals surface area contributed by atoms with Crippen LogP contribution >= 0.6 is 0 Å². The quantitative estimate of drug-likeness (QED) is 0.499. The highest BCUT2D eigenvalue weighted by atomic mass is 32.2. The zero-order valence-corrected chi connectivity index (χ0v) is 17.1. The van der Waals surface area contributed by atoms with Gasteiger partial charge in [0.05, 0.1) is 23.4 Å². The van der Waals surface area contributed by atoms with E-state index in [1.807, 2.05) is 0 Å². The summed E-state index contributed by atoms with van der Waals surface area (Å²) in [5.74, 6) is -0.532. The van der Waals surface area contributed by atoms with E-state index in [2.05, 4.69) is 15.5 Å². The number of nitrogens with zero attached hydrogens (tertiary/aromatic N) is 1. The van der Waals surface area contributed by atoms with Crippen LogP contribution in [-0.4, -0.2) is 92.3 Å². The fraction of sp³-hybridized carbons (Fsp3) is 0.882. The Morgan fingerprint density at radius 2 is 1.89 bits per heavy atom. The lowest BCUT2D eigenvalue weighted by Gasteiger charge is -2.53. The lowest BCUT2D eigenvalue weighted by atomic mass is 9.73. The zero-order valence-electron chi connectivity index (χ0n) is 16.3. The van der Waals surface area contributed by atoms with E-state index in [1.165, 1.54) is 13.2 Å². The standard InChI is InChI=1S/C17H31N3O6S/c1-13(21)18-12-14(22)19-16(2)6-10-26-17(15(16)23)4-7-20(8-5-17)9-11-27(3,24)25/h15,23H,4-12H2,1-3H3,(H,18,21)(H,19,22)/t15-,16+/m0/s1. The smallest absolute Gasteiger partial charge is 0.239 e. The van der Waals surface area contributed by atoms with Crippen molar-refractivity contribution in [1.29, 1.82) is 0 Å². The maximum Gasteiger partial charge on any atom is 0.239 e. The molecule has 10 heteroatoms. The molecule has 2 aliphatic heterocycles. The number of nitrogens with one attached hydrogen (secondary N) is 2. The third-order valence-electron chi connectivity index (χ3n) is 5.52. The van der Waals surface area contributed by atoms with Crippen molar-refractivity contribution >= 4 is 21.7 Å². The third kappa shape index (κ3) is 5.87. The number of rotatable bonds is 6. The number of piperidine rings is 1. The minimum atomic E-state index is -3.01. The second-order valence-corrected chi connectivity index (χ2v) is 10.2. The van der Waals surface area contributed by atoms with E-state index in [9.17, 15) is 23.1 Å². The van der Waals surface area contributed by atoms with Gasteiger partial charge in [-0.2, -0.15) is 0 Å². The fourth-order valence-corrected chi connectivity index (χ4v) is 4.42. The number of sulfone groups is 1. The van der Waals surface area contributed by atoms with E-state index in [4.69, 9.17) is 4.74 Å². The SMILES string of the molecule is CC(=O)NCC(=O)N[C@]1(C)CCOC2(CCN(CCS(C)(=O)=O)CC2)[C@H]1O. The lowest BCUT2D eigenvalue weighted by molar-refractivity contribution is -0.207. The number of aliphatic hydroxyl groups excluding tert-OH is 1. The zero-order chi connectivity index (χ0) is 20.3. The van der Waals surface area contributed by atoms with Crippen LogP contribution in [0.25, 0.3) is 0 Å². The van der Waals surface area contributed by atoms with E-state index < -0.39 is 27.1 Å². The molecule has 3 N–H and O–H groups in total. The van der Waals surface area contributed by atoms with Gasteiger partial charge in [-0.3, -0.25) is 9.59 Å². The summed E-state index contributed by atoms with van der Waals surface area (Å²) in [4.78, 5) is 25.2. The molecule has 2 amide bonds. The van der Waals surface area contributed by atoms with E-state index in [0.29, 0.717) is 45.5 Å². The first-order valence-corrected chi connectivity index (χ1v) is 11.3. The van der Waals surface area contributed by atoms with Gasteiger partial charge < -0.3 is 25.4 Å². The van der Waals surface area contributed by atoms with Gasteiger partial charge in [-0.15, -0.1) is 0 Å². The van der Waals surface area contributed by atoms with Gasteiger partial charge in [-0.05, 0) is 26.2 Å². The molecular formula is C17H31N3O6S. The van der Waals surface area contributed by atoms with Crippen molar-refractivity contribution in [3.8, 4) is 0 Å². The average molecular weight is 406 g/mol. The second-order valence-electron chi connectivity index (χ2n) is 7.91. The predicted molar refractivity (Wildman–Crippen MR) is 99.9 cm³/mol. The molecule has 0 aromatic carbocycles. The molecule has 27 heavy (non-hydrogen) atoms. The number of hydrogen-bond donors (Lipinski definition) is 3. The molecule has 0 aliphatic carbocycles. The van der Waals surface area contributed by atoms with Crippen molar-refractivity contribution in [1.82, 2.24) is 15.5 Å². The molecule has 0 aromatic heterocycles. The normalized spacial score (nSPS) is 28.7. The fourth-order valence-electron chi connectivity index (χ4n) is 3.83. The highest BCUT2D eigenvalue weighted by molar-refractivity contribution is 7.90. The second kappa shape index (κ2) is 8.42. The van der Waals surface area contributed by atoms with Gasteiger partial charge in [0, 0.05) is 39.4 Å². The minimum absolute atomic E-state index is 0.111. The largest absolute Gasteiger partial charge is 0.388 e. The number of hydrogen-bond acceptors (Lipinski definition) is 7. The maximum atomic E-state index is 12.1. The molecule has 0 aromatic rings. The molecule has 1 spiro atoms. The number of likely N-dealkylation sites (tertiary alicyclic amines) is 1. The predicted octanol–water partition coefficient (Wildman–Crippen LogP) is -1.34. The summed E-state index contributed by atoms with van der Waals surface area (Å²) in [6.07, 6.45) is 1.93. The summed E-state index contributed by atoms with van der Waals surface area (Å²) >= 11 is 0. The van der Waals surface area contributed by atoms with Crippen LogP contribution in [-0.2, 0) is 24.2 Å². The molecule has 2 aliphatic rings. The number of carbonyl (C=O) groups excluding carboxylic acids is 2. The van der Waals surface area contributed by atoms with E-state index >= 15 is 0 Å². The van der Waals surface area contributed by atoms with Gasteiger partial charge in [0.2, 0.25) is 11.8 Å². The molecule has 9 nitrogen and oxygen atoms in total. The highest BCUT2D eigenvalue weighted by Gasteiger charge is 2.53. The Morgan fingerprint density at radius 3 is 2.44 bits per heavy atom. The summed E-state index contributed by atoms with van der Waals surface area (Å²) in [7, 11) is -3.01. The summed E-state index contributed by atoms with van der Waals surface area (Å²) in [6, 6.07) is 0. The summed E-state index contributed by atoms with van der Waals surface area (Å²) in [5, 5.41) is 16.3. The Morgan fingerprint density at radius 1 is 1.26 bits per heavy atom. The molecule has 2 saturated heterocycles. The molecule has 0 radical (unpaired) electrons. The number of aliphatic hydroxyl groups is 1. The lowest BCUT2D eigenvalue weighted by Crippen LogP contribution is -2.69. The van der Waals surface area contributed by atoms with Crippen LogP contribution in [0.15, 0.2) is 0 Å². The summed E-state index contributed by atoms with van der Waals surface area (Å²) in [5.41, 5.74) is -1.60. The minimum Gasteiger partial charge on any atom is -0.388 e. The van der Waals surface area contributed by atoms with Crippen LogP contribution < -0.4 is 10.6 Å². The molecule has 0 bridgehead atoms. The summed E-state index contributed by atoms with van der Waals surface area (Å²) in [6.45, 7) is 5.14. The van der Waals surface area contributed by atoms with Crippen LogP contribution in [0.5, 0.6) is 0 Å². The van der Waals surface area contributed by atoms with Gasteiger partial charge in [0.25, 0.3) is 0 Å². The first kappa shape index (κ1) is 22.1. The Hall–Kier alpha value is -1.23. The van der Waals surface area contributed by atoms with Gasteiger partial charge in [-0.25, -0.2) is 8.42 Å². The first-order chi connectivity index (χ1) is 12.5. The van der Waals surface area contributed by atoms with Crippen LogP contribution in [0.1, 0.15) is 33.1 Å². The number of amides is 2. The Bertz CT molecular complexity index is 660. The monoisotopic (exact) mass is 405 g/mol. The van der Waals surface area contributed by atoms with Crippen LogP contribution in [0, 0.1) is 0 Å². The van der Waals surface area contributed by atoms with Crippen LogP contribution in [0.3, 0.4) is 0 Å². The molecule has 2 rings (SSSR count). The first-order valence-electron chi connectivity index (χ1n) is 9.23. The van der Waals surface area contributed by atoms with E-state index in [0.717, 1.165) is 0 Å². The third-order valence-corrected chi connectivity index (χ3v) is 6.44. The van der Waals surface area contributed by atoms with Crippen LogP contribution in [0.2, 0.25) is 0 Å². The number of ether oxygens (including phenoxy) is 1. The van der Waals surface area contributed by atoms with Crippen molar-refractivity contribution in [2.24, 2.45) is 0 Å². The molecule has 2 fully saturated rings. The molecule has 2 atom stereocenters. The van der Waals surface area contributed by atoms with Gasteiger partial charge in [-0.1, -0.05) is 0 Å². The van der Waals surface area contributed by atoms with Crippen molar-refractivity contribution in [2.75, 3.05) is 44.8 Å². The van der Waals surface area contributed by atoms with Crippen LogP contribution in [0.4, 0.5) is 0 Å². The van der Waals surface area contributed by atoms with Gasteiger partial charge in [0.1, 0.15) is 15.9 Å². The highest BCUT2D eigenvalue weighted by Crippen LogP contribution is 2.39. The van der Waals surface area contributed by atoms with Crippen molar-refractivity contribution < 1.29 is 27.9 Å². The average Bonchev–Trinajstić information content (AvgIpc) is 2.57. The van der Waals surface area contributed by atoms with Gasteiger partial charge >= 0.3 is 0 Å². The Labute approximate surface area is 160 Å². The Kier molecular flexibility index (Phi) is 6.88. The van der Waals surface area contributed by atoms with Gasteiger partial charge in [0.15, 0.2) is 0 Å². The van der Waals surface area contributed by atoms with Crippen molar-refractivity contribution in [3.63, 3.8) is 0 Å². The molecule has 0 unspecified atom stereocenters. The molecule has 156 valence electrons. The molecular weight excluding hydrogens is 374 g/mol. The maximum absolute atomic E-state index is 12.1. The topological polar surface area (TPSA) is 125 Å². The summed E-state index contributed by atoms with van der Waals surface area (Å²) < 4.78 is 28.7.